The van der Waals surface area contributed by atoms with Gasteiger partial charge in [-0.1, -0.05) is 13.8 Å². The van der Waals surface area contributed by atoms with E-state index in [1.807, 2.05) is 0 Å². The Morgan fingerprint density at radius 1 is 0.913 bits per heavy atom. The largest absolute Gasteiger partial charge is 0.372 e. The quantitative estimate of drug-likeness (QED) is 0.710. The molecule has 2 unspecified atom stereocenters. The normalized spacial score (nSPS) is 24.1. The van der Waals surface area contributed by atoms with E-state index in [9.17, 15) is 9.59 Å². The van der Waals surface area contributed by atoms with Gasteiger partial charge in [0, 0.05) is 25.8 Å². The van der Waals surface area contributed by atoms with Gasteiger partial charge in [-0.3, -0.25) is 9.59 Å². The molecule has 0 aromatic heterocycles. The highest BCUT2D eigenvalue weighted by Gasteiger charge is 2.26. The Labute approximate surface area is 139 Å². The molecule has 134 valence electrons. The molecule has 23 heavy (non-hydrogen) atoms. The van der Waals surface area contributed by atoms with E-state index in [1.54, 1.807) is 13.8 Å². The first kappa shape index (κ1) is 19.9. The fourth-order valence-corrected chi connectivity index (χ4v) is 2.54. The fraction of sp³-hybridized carbons (Fsp3) is 0.882. The van der Waals surface area contributed by atoms with Gasteiger partial charge in [-0.05, 0) is 45.4 Å². The second kappa shape index (κ2) is 9.88. The molecular formula is C17H32N2O4. The molecule has 1 saturated carbocycles. The Kier molecular flexibility index (Phi) is 8.55. The monoisotopic (exact) mass is 328 g/mol. The van der Waals surface area contributed by atoms with E-state index in [1.165, 1.54) is 7.11 Å². The van der Waals surface area contributed by atoms with E-state index in [0.29, 0.717) is 12.5 Å². The van der Waals surface area contributed by atoms with Gasteiger partial charge in [0.05, 0.1) is 0 Å². The van der Waals surface area contributed by atoms with Crippen LogP contribution in [0.4, 0.5) is 0 Å². The van der Waals surface area contributed by atoms with Crippen molar-refractivity contribution in [1.29, 1.82) is 0 Å². The molecule has 2 atom stereocenters. The predicted molar refractivity (Wildman–Crippen MR) is 89.1 cm³/mol. The minimum atomic E-state index is -0.425. The van der Waals surface area contributed by atoms with Crippen molar-refractivity contribution in [1.82, 2.24) is 10.6 Å². The fourth-order valence-electron chi connectivity index (χ4n) is 2.54. The Morgan fingerprint density at radius 2 is 1.35 bits per heavy atom. The van der Waals surface area contributed by atoms with Crippen molar-refractivity contribution in [3.8, 4) is 0 Å². The predicted octanol–water partition coefficient (Wildman–Crippen LogP) is 1.63. The van der Waals surface area contributed by atoms with Crippen molar-refractivity contribution in [2.45, 2.75) is 77.7 Å². The maximum absolute atomic E-state index is 12.1. The van der Waals surface area contributed by atoms with Gasteiger partial charge in [0.2, 0.25) is 11.8 Å². The van der Waals surface area contributed by atoms with Crippen molar-refractivity contribution in [2.24, 2.45) is 5.92 Å². The van der Waals surface area contributed by atoms with Crippen molar-refractivity contribution in [3.05, 3.63) is 0 Å². The zero-order valence-electron chi connectivity index (χ0n) is 15.1. The lowest BCUT2D eigenvalue weighted by atomic mass is 9.91. The van der Waals surface area contributed by atoms with Crippen molar-refractivity contribution in [2.75, 3.05) is 13.7 Å². The van der Waals surface area contributed by atoms with Crippen LogP contribution in [0.15, 0.2) is 0 Å². The minimum Gasteiger partial charge on any atom is -0.372 e. The van der Waals surface area contributed by atoms with Gasteiger partial charge in [0.15, 0.2) is 0 Å². The summed E-state index contributed by atoms with van der Waals surface area (Å²) in [7, 11) is 1.53. The maximum atomic E-state index is 12.1. The molecule has 0 bridgehead atoms. The molecule has 0 saturated heterocycles. The maximum Gasteiger partial charge on any atom is 0.249 e. The second-order valence-corrected chi connectivity index (χ2v) is 6.81. The summed E-state index contributed by atoms with van der Waals surface area (Å²) in [5.41, 5.74) is 0. The number of methoxy groups -OCH3 is 1. The molecule has 0 aromatic carbocycles. The molecule has 1 aliphatic rings. The zero-order chi connectivity index (χ0) is 17.4. The third-order valence-electron chi connectivity index (χ3n) is 4.19. The molecular weight excluding hydrogens is 296 g/mol. The summed E-state index contributed by atoms with van der Waals surface area (Å²) in [5.74, 6) is 0.292. The van der Waals surface area contributed by atoms with Crippen LogP contribution in [-0.2, 0) is 19.1 Å². The number of amides is 2. The Morgan fingerprint density at radius 3 is 1.74 bits per heavy atom. The number of ether oxygens (including phenoxy) is 2. The number of carbonyl (C=O) groups is 2. The summed E-state index contributed by atoms with van der Waals surface area (Å²) in [6, 6.07) is 0.337. The number of nitrogens with one attached hydrogen (secondary N) is 2. The van der Waals surface area contributed by atoms with E-state index in [0.717, 1.165) is 25.7 Å². The highest BCUT2D eigenvalue weighted by atomic mass is 16.5. The first-order valence-corrected chi connectivity index (χ1v) is 8.58. The van der Waals surface area contributed by atoms with Crippen LogP contribution in [0.3, 0.4) is 0 Å². The summed E-state index contributed by atoms with van der Waals surface area (Å²) in [4.78, 5) is 23.9. The summed E-state index contributed by atoms with van der Waals surface area (Å²) in [6.45, 7) is 8.23. The molecule has 0 spiro atoms. The third kappa shape index (κ3) is 7.31. The number of hydrogen-bond acceptors (Lipinski definition) is 4. The van der Waals surface area contributed by atoms with Crippen LogP contribution in [-0.4, -0.2) is 49.8 Å². The molecule has 1 fully saturated rings. The van der Waals surface area contributed by atoms with E-state index in [4.69, 9.17) is 9.47 Å². The third-order valence-corrected chi connectivity index (χ3v) is 4.19. The van der Waals surface area contributed by atoms with Gasteiger partial charge in [-0.25, -0.2) is 0 Å². The number of carbonyl (C=O) groups excluding carboxylic acids is 2. The standard InChI is InChI=1S/C17H32N2O4/c1-11(2)10-23-13(4)17(21)19-15-8-6-14(7-9-15)18-16(20)12(3)22-5/h11-15H,6-10H2,1-5H3,(H,18,20)(H,19,21). The van der Waals surface area contributed by atoms with Gasteiger partial charge in [-0.2, -0.15) is 0 Å². The topological polar surface area (TPSA) is 76.7 Å². The highest BCUT2D eigenvalue weighted by Crippen LogP contribution is 2.19. The first-order chi connectivity index (χ1) is 10.8. The summed E-state index contributed by atoms with van der Waals surface area (Å²) in [6.07, 6.45) is 2.64. The number of rotatable bonds is 8. The molecule has 1 rings (SSSR count). The summed E-state index contributed by atoms with van der Waals surface area (Å²) >= 11 is 0. The zero-order valence-corrected chi connectivity index (χ0v) is 15.1. The Bertz CT molecular complexity index is 379. The molecule has 6 nitrogen and oxygen atoms in total. The average Bonchev–Trinajstić information content (AvgIpc) is 2.53. The summed E-state index contributed by atoms with van der Waals surface area (Å²) < 4.78 is 10.5. The molecule has 0 aromatic rings. The van der Waals surface area contributed by atoms with Crippen LogP contribution in [0.25, 0.3) is 0 Å². The first-order valence-electron chi connectivity index (χ1n) is 8.58. The highest BCUT2D eigenvalue weighted by molar-refractivity contribution is 5.81. The van der Waals surface area contributed by atoms with Gasteiger partial charge in [0.25, 0.3) is 0 Å². The second-order valence-electron chi connectivity index (χ2n) is 6.81. The Balaban J connectivity index is 2.28. The van der Waals surface area contributed by atoms with E-state index < -0.39 is 12.2 Å². The lowest BCUT2D eigenvalue weighted by molar-refractivity contribution is -0.134. The van der Waals surface area contributed by atoms with Crippen LogP contribution in [0, 0.1) is 5.92 Å². The molecule has 1 aliphatic carbocycles. The molecule has 2 N–H and O–H groups in total. The van der Waals surface area contributed by atoms with Gasteiger partial charge >= 0.3 is 0 Å². The van der Waals surface area contributed by atoms with Crippen molar-refractivity contribution >= 4 is 11.8 Å². The molecule has 6 heteroatoms. The molecule has 2 amide bonds. The van der Waals surface area contributed by atoms with Gasteiger partial charge < -0.3 is 20.1 Å². The van der Waals surface area contributed by atoms with E-state index in [-0.39, 0.29) is 23.9 Å². The van der Waals surface area contributed by atoms with Gasteiger partial charge in [-0.15, -0.1) is 0 Å². The lowest BCUT2D eigenvalue weighted by Gasteiger charge is -2.31. The lowest BCUT2D eigenvalue weighted by Crippen LogP contribution is -2.47. The number of hydrogen-bond donors (Lipinski definition) is 2. The molecule has 0 heterocycles. The van der Waals surface area contributed by atoms with Crippen molar-refractivity contribution in [3.63, 3.8) is 0 Å². The van der Waals surface area contributed by atoms with Crippen LogP contribution < -0.4 is 10.6 Å². The smallest absolute Gasteiger partial charge is 0.249 e. The van der Waals surface area contributed by atoms with Crippen LogP contribution in [0.5, 0.6) is 0 Å². The summed E-state index contributed by atoms with van der Waals surface area (Å²) in [5, 5.41) is 6.05. The average molecular weight is 328 g/mol. The minimum absolute atomic E-state index is 0.0499. The van der Waals surface area contributed by atoms with Crippen molar-refractivity contribution < 1.29 is 19.1 Å². The van der Waals surface area contributed by atoms with E-state index in [2.05, 4.69) is 24.5 Å². The molecule has 0 radical (unpaired) electrons. The van der Waals surface area contributed by atoms with Crippen LogP contribution >= 0.6 is 0 Å². The van der Waals surface area contributed by atoms with E-state index >= 15 is 0 Å². The van der Waals surface area contributed by atoms with Gasteiger partial charge in [0.1, 0.15) is 12.2 Å². The van der Waals surface area contributed by atoms with Crippen LogP contribution in [0.1, 0.15) is 53.4 Å². The van der Waals surface area contributed by atoms with Crippen LogP contribution in [0.2, 0.25) is 0 Å². The molecule has 0 aliphatic heterocycles. The SMILES string of the molecule is COC(C)C(=O)NC1CCC(NC(=O)C(C)OCC(C)C)CC1. The Hall–Kier alpha value is -1.14.